The first-order chi connectivity index (χ1) is 13.1. The Labute approximate surface area is 165 Å². The maximum absolute atomic E-state index is 12.3. The highest BCUT2D eigenvalue weighted by Gasteiger charge is 2.36. The van der Waals surface area contributed by atoms with Crippen molar-refractivity contribution in [2.45, 2.75) is 11.9 Å². The molecule has 1 aromatic heterocycles. The predicted octanol–water partition coefficient (Wildman–Crippen LogP) is 1.51. The Morgan fingerprint density at radius 1 is 1.37 bits per heavy atom. The molecule has 0 unspecified atom stereocenters. The van der Waals surface area contributed by atoms with Gasteiger partial charge in [0.05, 0.1) is 30.3 Å². The minimum absolute atomic E-state index is 0.0611. The average Bonchev–Trinajstić information content (AvgIpc) is 3.14. The van der Waals surface area contributed by atoms with Crippen LogP contribution < -0.4 is 14.9 Å². The molecule has 4 amide bonds. The molecule has 3 rings (SSSR count). The largest absolute Gasteiger partial charge is 0.450 e. The summed E-state index contributed by atoms with van der Waals surface area (Å²) < 4.78 is 7.07. The maximum atomic E-state index is 12.3. The number of anilines is 1. The number of pyridine rings is 1. The highest BCUT2D eigenvalue weighted by Crippen LogP contribution is 2.28. The molecular weight excluding hydrogens is 390 g/mol. The zero-order valence-corrected chi connectivity index (χ0v) is 16.5. The van der Waals surface area contributed by atoms with Crippen LogP contribution in [0.4, 0.5) is 15.3 Å². The Morgan fingerprint density at radius 2 is 2.19 bits per heavy atom. The van der Waals surface area contributed by atoms with Gasteiger partial charge in [0.15, 0.2) is 0 Å². The molecule has 1 aromatic rings. The number of imide groups is 1. The molecule has 146 valence electrons. The number of nitrogens with zero attached hydrogens (tertiary/aromatic N) is 3. The van der Waals surface area contributed by atoms with Gasteiger partial charge in [0.25, 0.3) is 0 Å². The minimum Gasteiger partial charge on any atom is -0.450 e. The van der Waals surface area contributed by atoms with Crippen LogP contribution in [0.2, 0.25) is 0 Å². The fourth-order valence-electron chi connectivity index (χ4n) is 2.70. The van der Waals surface area contributed by atoms with E-state index >= 15 is 0 Å². The molecule has 2 fully saturated rings. The van der Waals surface area contributed by atoms with Crippen molar-refractivity contribution in [3.05, 3.63) is 18.3 Å². The Kier molecular flexibility index (Phi) is 6.67. The summed E-state index contributed by atoms with van der Waals surface area (Å²) in [7, 11) is 0. The molecule has 0 saturated carbocycles. The van der Waals surface area contributed by atoms with Crippen LogP contribution in [0.5, 0.6) is 0 Å². The first-order valence-corrected chi connectivity index (χ1v) is 10.5. The molecular formula is C16H21N5O4S2. The number of alkyl carbamates (subject to hydrolysis) is 1. The molecule has 3 heterocycles. The molecule has 0 bridgehead atoms. The summed E-state index contributed by atoms with van der Waals surface area (Å²) in [6.07, 6.45) is 0.910. The van der Waals surface area contributed by atoms with Crippen LogP contribution in [0.15, 0.2) is 23.4 Å². The van der Waals surface area contributed by atoms with E-state index in [1.165, 1.54) is 0 Å². The third-order valence-electron chi connectivity index (χ3n) is 4.12. The predicted molar refractivity (Wildman–Crippen MR) is 104 cm³/mol. The first kappa shape index (κ1) is 19.6. The molecule has 0 aliphatic carbocycles. The molecule has 9 nitrogen and oxygen atoms in total. The van der Waals surface area contributed by atoms with Crippen molar-refractivity contribution >= 4 is 47.4 Å². The SMILES string of the molecule is CCOC(=O)NC(=O)NSc1ccc(N2CC(C(=O)N3CCSC3)C2)cn1. The van der Waals surface area contributed by atoms with Gasteiger partial charge in [-0.05, 0) is 19.1 Å². The number of ether oxygens (including phenoxy) is 1. The van der Waals surface area contributed by atoms with Gasteiger partial charge in [-0.15, -0.1) is 11.8 Å². The van der Waals surface area contributed by atoms with Crippen LogP contribution in [-0.4, -0.2) is 65.8 Å². The van der Waals surface area contributed by atoms with Crippen LogP contribution in [0.3, 0.4) is 0 Å². The van der Waals surface area contributed by atoms with E-state index in [0.29, 0.717) is 18.1 Å². The molecule has 2 saturated heterocycles. The number of aromatic nitrogens is 1. The standard InChI is InChI=1S/C16H21N5O4S2/c1-2-25-16(24)18-15(23)19-27-13-4-3-12(7-17-13)21-8-11(9-21)14(22)20-5-6-26-10-20/h3-4,7,11H,2,5-6,8-10H2,1H3,(H2,18,19,23,24). The van der Waals surface area contributed by atoms with Crippen LogP contribution in [0, 0.1) is 5.92 Å². The van der Waals surface area contributed by atoms with Gasteiger partial charge in [0.2, 0.25) is 5.91 Å². The number of rotatable bonds is 5. The monoisotopic (exact) mass is 411 g/mol. The lowest BCUT2D eigenvalue weighted by Crippen LogP contribution is -2.54. The van der Waals surface area contributed by atoms with E-state index in [-0.39, 0.29) is 18.4 Å². The fraction of sp³-hybridized carbons (Fsp3) is 0.500. The van der Waals surface area contributed by atoms with Crippen LogP contribution in [0.1, 0.15) is 6.92 Å². The van der Waals surface area contributed by atoms with Gasteiger partial charge in [0.1, 0.15) is 5.03 Å². The molecule has 0 spiro atoms. The van der Waals surface area contributed by atoms with E-state index in [4.69, 9.17) is 0 Å². The molecule has 0 aromatic carbocycles. The van der Waals surface area contributed by atoms with Gasteiger partial charge in [-0.2, -0.15) is 0 Å². The molecule has 2 aliphatic rings. The summed E-state index contributed by atoms with van der Waals surface area (Å²) in [4.78, 5) is 43.3. The van der Waals surface area contributed by atoms with Gasteiger partial charge in [-0.1, -0.05) is 0 Å². The number of hydrogen-bond donors (Lipinski definition) is 2. The van der Waals surface area contributed by atoms with Gasteiger partial charge in [-0.25, -0.2) is 19.9 Å². The van der Waals surface area contributed by atoms with E-state index in [2.05, 4.69) is 19.3 Å². The molecule has 0 atom stereocenters. The third-order valence-corrected chi connectivity index (χ3v) is 5.82. The zero-order valence-electron chi connectivity index (χ0n) is 14.8. The molecule has 0 radical (unpaired) electrons. The molecule has 2 N–H and O–H groups in total. The number of urea groups is 1. The summed E-state index contributed by atoms with van der Waals surface area (Å²) in [5, 5.41) is 2.62. The van der Waals surface area contributed by atoms with Gasteiger partial charge in [0, 0.05) is 37.3 Å². The normalized spacial score (nSPS) is 16.6. The number of amides is 4. The Balaban J connectivity index is 1.41. The number of carbonyl (C=O) groups excluding carboxylic acids is 3. The molecule has 2 aliphatic heterocycles. The Hall–Kier alpha value is -2.14. The van der Waals surface area contributed by atoms with Gasteiger partial charge in [-0.3, -0.25) is 9.52 Å². The second-order valence-electron chi connectivity index (χ2n) is 5.97. The number of nitrogens with one attached hydrogen (secondary N) is 2. The Bertz CT molecular complexity index is 691. The second kappa shape index (κ2) is 9.18. The van der Waals surface area contributed by atoms with Crippen molar-refractivity contribution in [2.75, 3.05) is 42.8 Å². The van der Waals surface area contributed by atoms with E-state index in [0.717, 1.165) is 35.8 Å². The summed E-state index contributed by atoms with van der Waals surface area (Å²) in [6, 6.07) is 3.00. The second-order valence-corrected chi connectivity index (χ2v) is 7.88. The highest BCUT2D eigenvalue weighted by molar-refractivity contribution is 7.99. The lowest BCUT2D eigenvalue weighted by molar-refractivity contribution is -0.134. The van der Waals surface area contributed by atoms with Crippen molar-refractivity contribution in [1.82, 2.24) is 19.9 Å². The molecule has 27 heavy (non-hydrogen) atoms. The maximum Gasteiger partial charge on any atom is 0.415 e. The van der Waals surface area contributed by atoms with Crippen LogP contribution >= 0.6 is 23.7 Å². The van der Waals surface area contributed by atoms with Crippen molar-refractivity contribution in [2.24, 2.45) is 5.92 Å². The number of hydrogen-bond acceptors (Lipinski definition) is 8. The van der Waals surface area contributed by atoms with E-state index < -0.39 is 12.1 Å². The summed E-state index contributed by atoms with van der Waals surface area (Å²) >= 11 is 2.79. The number of carbonyl (C=O) groups is 3. The highest BCUT2D eigenvalue weighted by atomic mass is 32.2. The van der Waals surface area contributed by atoms with E-state index in [1.807, 2.05) is 16.3 Å². The van der Waals surface area contributed by atoms with Crippen molar-refractivity contribution < 1.29 is 19.1 Å². The van der Waals surface area contributed by atoms with Crippen molar-refractivity contribution in [1.29, 1.82) is 0 Å². The fourth-order valence-corrected chi connectivity index (χ4v) is 4.14. The smallest absolute Gasteiger partial charge is 0.415 e. The van der Waals surface area contributed by atoms with Gasteiger partial charge < -0.3 is 14.5 Å². The third kappa shape index (κ3) is 5.19. The summed E-state index contributed by atoms with van der Waals surface area (Å²) in [5.74, 6) is 2.13. The Morgan fingerprint density at radius 3 is 2.81 bits per heavy atom. The van der Waals surface area contributed by atoms with E-state index in [1.54, 1.807) is 30.9 Å². The topological polar surface area (TPSA) is 104 Å². The summed E-state index contributed by atoms with van der Waals surface area (Å²) in [5.41, 5.74) is 0.940. The van der Waals surface area contributed by atoms with Crippen LogP contribution in [-0.2, 0) is 9.53 Å². The summed E-state index contributed by atoms with van der Waals surface area (Å²) in [6.45, 7) is 4.10. The zero-order chi connectivity index (χ0) is 19.2. The number of thioether (sulfide) groups is 1. The minimum atomic E-state index is -0.798. The lowest BCUT2D eigenvalue weighted by Gasteiger charge is -2.41. The quantitative estimate of drug-likeness (QED) is 0.703. The first-order valence-electron chi connectivity index (χ1n) is 8.55. The van der Waals surface area contributed by atoms with Crippen molar-refractivity contribution in [3.63, 3.8) is 0 Å². The lowest BCUT2D eigenvalue weighted by atomic mass is 9.98. The molecule has 11 heteroatoms. The van der Waals surface area contributed by atoms with Crippen LogP contribution in [0.25, 0.3) is 0 Å². The van der Waals surface area contributed by atoms with Gasteiger partial charge >= 0.3 is 12.1 Å². The van der Waals surface area contributed by atoms with Crippen molar-refractivity contribution in [3.8, 4) is 0 Å². The van der Waals surface area contributed by atoms with E-state index in [9.17, 15) is 14.4 Å². The average molecular weight is 412 g/mol.